The van der Waals surface area contributed by atoms with Crippen LogP contribution in [0.25, 0.3) is 18.2 Å². The van der Waals surface area contributed by atoms with Crippen LogP contribution in [0.1, 0.15) is 74.3 Å². The van der Waals surface area contributed by atoms with Crippen molar-refractivity contribution in [3.8, 4) is 24.0 Å². The van der Waals surface area contributed by atoms with E-state index in [0.717, 1.165) is 79.4 Å². The van der Waals surface area contributed by atoms with Crippen LogP contribution in [0.2, 0.25) is 0 Å². The minimum Gasteiger partial charge on any atom is -0.496 e. The molecule has 3 rings (SSSR count). The van der Waals surface area contributed by atoms with Crippen LogP contribution >= 0.6 is 0 Å². The smallest absolute Gasteiger partial charge is 0.432 e. The van der Waals surface area contributed by atoms with E-state index in [-0.39, 0.29) is 0 Å². The van der Waals surface area contributed by atoms with Gasteiger partial charge in [-0.15, -0.1) is 0 Å². The Labute approximate surface area is 270 Å². The number of hydrogen-bond acceptors (Lipinski definition) is 6. The zero-order chi connectivity index (χ0) is 34.1. The Balaban J connectivity index is 1.97. The van der Waals surface area contributed by atoms with Crippen LogP contribution < -0.4 is 9.64 Å². The first-order valence-corrected chi connectivity index (χ1v) is 15.2. The number of ether oxygens (including phenoxy) is 2. The third-order valence-electron chi connectivity index (χ3n) is 8.09. The van der Waals surface area contributed by atoms with Gasteiger partial charge in [-0.3, -0.25) is 0 Å². The van der Waals surface area contributed by atoms with E-state index in [0.29, 0.717) is 5.56 Å². The van der Waals surface area contributed by atoms with Crippen molar-refractivity contribution in [2.75, 3.05) is 25.1 Å². The van der Waals surface area contributed by atoms with Gasteiger partial charge < -0.3 is 14.4 Å². The summed E-state index contributed by atoms with van der Waals surface area (Å²) in [7, 11) is 1.65. The number of unbranched alkanes of at least 4 members (excludes halogenated alkanes) is 2. The van der Waals surface area contributed by atoms with Crippen molar-refractivity contribution in [2.45, 2.75) is 72.1 Å². The average Bonchev–Trinajstić information content (AvgIpc) is 3.33. The third-order valence-corrected chi connectivity index (χ3v) is 8.09. The molecule has 0 fully saturated rings. The molecule has 0 radical (unpaired) electrons. The Morgan fingerprint density at radius 3 is 1.91 bits per heavy atom. The second-order valence-corrected chi connectivity index (χ2v) is 11.3. The van der Waals surface area contributed by atoms with Gasteiger partial charge in [0, 0.05) is 36.0 Å². The lowest BCUT2D eigenvalue weighted by molar-refractivity contribution is -0.236. The van der Waals surface area contributed by atoms with E-state index in [2.05, 4.69) is 30.9 Å². The lowest BCUT2D eigenvalue weighted by Gasteiger charge is -2.28. The van der Waals surface area contributed by atoms with Crippen LogP contribution in [-0.4, -0.2) is 32.0 Å². The topological polar surface area (TPSA) is 93.1 Å². The summed E-state index contributed by atoms with van der Waals surface area (Å²) in [6.45, 7) is 10.9. The summed E-state index contributed by atoms with van der Waals surface area (Å²) >= 11 is 0. The molecule has 1 atom stereocenters. The van der Waals surface area contributed by atoms with E-state index in [1.807, 2.05) is 44.2 Å². The van der Waals surface area contributed by atoms with Gasteiger partial charge >= 0.3 is 6.18 Å². The van der Waals surface area contributed by atoms with E-state index in [1.165, 1.54) is 24.3 Å². The minimum absolute atomic E-state index is 0.472. The summed E-state index contributed by atoms with van der Waals surface area (Å²) in [5.41, 5.74) is 0.708. The Hall–Kier alpha value is -4.94. The van der Waals surface area contributed by atoms with Crippen molar-refractivity contribution in [3.05, 3.63) is 86.7 Å². The van der Waals surface area contributed by atoms with Crippen molar-refractivity contribution in [3.63, 3.8) is 0 Å². The zero-order valence-electron chi connectivity index (χ0n) is 27.2. The lowest BCUT2D eigenvalue weighted by Crippen LogP contribution is -2.43. The molecule has 0 saturated heterocycles. The first-order valence-electron chi connectivity index (χ1n) is 15.2. The summed E-state index contributed by atoms with van der Waals surface area (Å²) in [6.07, 6.45) is 6.18. The normalized spacial score (nSPS) is 16.3. The molecule has 6 nitrogen and oxygen atoms in total. The standard InChI is InChI=1S/C37H39F3N4O2/c1-7-9-17-44(18-10-8-2)31-15-13-27(34(21-31)45-6)11-12-28-19-26(4)29(20-25(28)3)14-16-33-32(24-43)35(30(22-41)23-42)46-36(33,5)37(38,39)40/h11-16,19-21H,7-10,17-18H2,1-6H3/b12-11+,16-14+. The molecule has 0 saturated carbocycles. The molecule has 1 unspecified atom stereocenters. The molecule has 0 aromatic heterocycles. The van der Waals surface area contributed by atoms with Gasteiger partial charge in [-0.25, -0.2) is 0 Å². The highest BCUT2D eigenvalue weighted by Gasteiger charge is 2.60. The predicted octanol–water partition coefficient (Wildman–Crippen LogP) is 9.37. The molecule has 46 heavy (non-hydrogen) atoms. The number of alkyl halides is 3. The van der Waals surface area contributed by atoms with Gasteiger partial charge in [0.2, 0.25) is 5.60 Å². The second-order valence-electron chi connectivity index (χ2n) is 11.3. The molecule has 0 N–H and O–H groups in total. The maximum atomic E-state index is 14.2. The summed E-state index contributed by atoms with van der Waals surface area (Å²) in [5, 5.41) is 28.2. The van der Waals surface area contributed by atoms with Gasteiger partial charge in [0.15, 0.2) is 11.3 Å². The van der Waals surface area contributed by atoms with Gasteiger partial charge in [0.1, 0.15) is 29.5 Å². The van der Waals surface area contributed by atoms with Crippen molar-refractivity contribution >= 4 is 23.9 Å². The van der Waals surface area contributed by atoms with Gasteiger partial charge in [0.25, 0.3) is 0 Å². The largest absolute Gasteiger partial charge is 0.496 e. The molecule has 1 aliphatic rings. The Morgan fingerprint density at radius 1 is 0.891 bits per heavy atom. The van der Waals surface area contributed by atoms with E-state index in [9.17, 15) is 29.0 Å². The van der Waals surface area contributed by atoms with E-state index >= 15 is 0 Å². The number of halogens is 3. The summed E-state index contributed by atoms with van der Waals surface area (Å²) in [4.78, 5) is 2.40. The fourth-order valence-electron chi connectivity index (χ4n) is 5.21. The van der Waals surface area contributed by atoms with Crippen LogP contribution in [0.3, 0.4) is 0 Å². The number of nitriles is 3. The number of hydrogen-bond donors (Lipinski definition) is 0. The Kier molecular flexibility index (Phi) is 11.9. The molecule has 1 heterocycles. The van der Waals surface area contributed by atoms with Gasteiger partial charge in [-0.1, -0.05) is 63.1 Å². The molecule has 2 aromatic rings. The van der Waals surface area contributed by atoms with Gasteiger partial charge in [0.05, 0.1) is 7.11 Å². The zero-order valence-corrected chi connectivity index (χ0v) is 27.2. The fourth-order valence-corrected chi connectivity index (χ4v) is 5.21. The highest BCUT2D eigenvalue weighted by atomic mass is 19.4. The minimum atomic E-state index is -4.92. The van der Waals surface area contributed by atoms with Crippen molar-refractivity contribution < 1.29 is 22.6 Å². The van der Waals surface area contributed by atoms with Crippen LogP contribution in [0.5, 0.6) is 5.75 Å². The maximum absolute atomic E-state index is 14.2. The SMILES string of the molecule is CCCCN(CCCC)c1ccc(/C=C/c2cc(C)c(/C=C/C3=C(C#N)C(=C(C#N)C#N)OC3(C)C(F)(F)F)cc2C)c(OC)c1. The molecule has 0 spiro atoms. The number of methoxy groups -OCH3 is 1. The third kappa shape index (κ3) is 7.64. The number of aryl methyl sites for hydroxylation is 2. The highest BCUT2D eigenvalue weighted by molar-refractivity contribution is 5.77. The van der Waals surface area contributed by atoms with Crippen molar-refractivity contribution in [2.24, 2.45) is 0 Å². The Bertz CT molecular complexity index is 1670. The number of allylic oxidation sites excluding steroid dienone is 2. The molecule has 0 bridgehead atoms. The first-order chi connectivity index (χ1) is 21.9. The quantitative estimate of drug-likeness (QED) is 0.172. The summed E-state index contributed by atoms with van der Waals surface area (Å²) < 4.78 is 53.5. The average molecular weight is 629 g/mol. The molecule has 0 aliphatic carbocycles. The molecular formula is C37H39F3N4O2. The fraction of sp³-hybridized carbons (Fsp3) is 0.378. The molecular weight excluding hydrogens is 589 g/mol. The molecule has 1 aliphatic heterocycles. The lowest BCUT2D eigenvalue weighted by atomic mass is 9.91. The molecule has 240 valence electrons. The van der Waals surface area contributed by atoms with Gasteiger partial charge in [-0.05, 0) is 68.0 Å². The van der Waals surface area contributed by atoms with Crippen molar-refractivity contribution in [1.82, 2.24) is 0 Å². The van der Waals surface area contributed by atoms with Gasteiger partial charge in [-0.2, -0.15) is 29.0 Å². The van der Waals surface area contributed by atoms with Crippen LogP contribution in [-0.2, 0) is 4.74 Å². The van der Waals surface area contributed by atoms with E-state index < -0.39 is 34.3 Å². The molecule has 9 heteroatoms. The maximum Gasteiger partial charge on any atom is 0.432 e. The highest BCUT2D eigenvalue weighted by Crippen LogP contribution is 2.49. The second kappa shape index (κ2) is 15.4. The van der Waals surface area contributed by atoms with Crippen LogP contribution in [0, 0.1) is 47.8 Å². The molecule has 0 amide bonds. The number of rotatable bonds is 12. The molecule has 2 aromatic carbocycles. The predicted molar refractivity (Wildman–Crippen MR) is 175 cm³/mol. The van der Waals surface area contributed by atoms with Crippen molar-refractivity contribution in [1.29, 1.82) is 15.8 Å². The van der Waals surface area contributed by atoms with E-state index in [4.69, 9.17) is 9.47 Å². The summed E-state index contributed by atoms with van der Waals surface area (Å²) in [5.74, 6) is 0.0940. The number of anilines is 1. The monoisotopic (exact) mass is 628 g/mol. The summed E-state index contributed by atoms with van der Waals surface area (Å²) in [6, 6.07) is 14.8. The van der Waals surface area contributed by atoms with Crippen LogP contribution in [0.15, 0.2) is 58.9 Å². The Morgan fingerprint density at radius 2 is 1.43 bits per heavy atom. The first kappa shape index (κ1) is 35.5. The number of benzene rings is 2. The van der Waals surface area contributed by atoms with E-state index in [1.54, 1.807) is 13.2 Å². The van der Waals surface area contributed by atoms with Crippen LogP contribution in [0.4, 0.5) is 18.9 Å². The number of nitrogens with zero attached hydrogens (tertiary/aromatic N) is 4.